The van der Waals surface area contributed by atoms with Crippen LogP contribution in [-0.2, 0) is 6.42 Å². The second-order valence-corrected chi connectivity index (χ2v) is 6.42. The van der Waals surface area contributed by atoms with Crippen molar-refractivity contribution in [2.45, 2.75) is 33.1 Å². The molecule has 1 saturated heterocycles. The highest BCUT2D eigenvalue weighted by Crippen LogP contribution is 2.30. The molecule has 22 heavy (non-hydrogen) atoms. The number of hydrogen-bond acceptors (Lipinski definition) is 3. The maximum absolute atomic E-state index is 6.13. The van der Waals surface area contributed by atoms with Crippen LogP contribution in [0, 0.1) is 5.92 Å². The molecule has 1 aliphatic rings. The van der Waals surface area contributed by atoms with E-state index in [0.29, 0.717) is 0 Å². The molecule has 1 N–H and O–H groups in total. The van der Waals surface area contributed by atoms with E-state index in [1.165, 1.54) is 17.7 Å². The Morgan fingerprint density at radius 1 is 1.27 bits per heavy atom. The normalized spacial score (nSPS) is 22.5. The second kappa shape index (κ2) is 5.36. The van der Waals surface area contributed by atoms with E-state index >= 15 is 0 Å². The monoisotopic (exact) mass is 296 g/mol. The van der Waals surface area contributed by atoms with E-state index < -0.39 is 0 Å². The molecular weight excluding hydrogens is 274 g/mol. The first-order valence-corrected chi connectivity index (χ1v) is 8.29. The molecule has 2 unspecified atom stereocenters. The number of piperidine rings is 1. The van der Waals surface area contributed by atoms with Crippen LogP contribution in [0.2, 0.25) is 0 Å². The zero-order valence-electron chi connectivity index (χ0n) is 13.2. The number of rotatable bonds is 2. The van der Waals surface area contributed by atoms with Crippen molar-refractivity contribution in [2.24, 2.45) is 5.92 Å². The lowest BCUT2D eigenvalue weighted by Crippen LogP contribution is -3.09. The molecule has 1 aromatic carbocycles. The highest BCUT2D eigenvalue weighted by molar-refractivity contribution is 6.04. The summed E-state index contributed by atoms with van der Waals surface area (Å²) in [4.78, 5) is 11.0. The molecule has 0 radical (unpaired) electrons. The number of hydrogen-bond donors (Lipinski definition) is 1. The second-order valence-electron chi connectivity index (χ2n) is 6.42. The number of benzene rings is 1. The molecule has 0 bridgehead atoms. The first kappa shape index (κ1) is 13.7. The predicted molar refractivity (Wildman–Crippen MR) is 87.4 cm³/mol. The summed E-state index contributed by atoms with van der Waals surface area (Å²) in [5.74, 6) is 2.72. The van der Waals surface area contributed by atoms with Gasteiger partial charge < -0.3 is 4.42 Å². The van der Waals surface area contributed by atoms with Gasteiger partial charge >= 0.3 is 0 Å². The predicted octanol–water partition coefficient (Wildman–Crippen LogP) is 2.88. The SMILES string of the molecule is CCc1nc([NH+]2CCCC(C)C2)c2oc3ccccc3c2n1. The zero-order valence-corrected chi connectivity index (χ0v) is 13.2. The van der Waals surface area contributed by atoms with Gasteiger partial charge in [0.15, 0.2) is 0 Å². The van der Waals surface area contributed by atoms with Gasteiger partial charge in [-0.1, -0.05) is 26.0 Å². The van der Waals surface area contributed by atoms with Gasteiger partial charge in [0.2, 0.25) is 5.58 Å². The van der Waals surface area contributed by atoms with Crippen LogP contribution in [0.1, 0.15) is 32.5 Å². The van der Waals surface area contributed by atoms with Gasteiger partial charge in [-0.3, -0.25) is 4.90 Å². The third-order valence-corrected chi connectivity index (χ3v) is 4.69. The number of fused-ring (bicyclic) bond motifs is 3. The van der Waals surface area contributed by atoms with Crippen LogP contribution in [0.5, 0.6) is 0 Å². The van der Waals surface area contributed by atoms with Crippen LogP contribution in [0.15, 0.2) is 28.7 Å². The van der Waals surface area contributed by atoms with Crippen LogP contribution in [0.3, 0.4) is 0 Å². The molecule has 4 nitrogen and oxygen atoms in total. The quantitative estimate of drug-likeness (QED) is 0.791. The molecule has 0 saturated carbocycles. The van der Waals surface area contributed by atoms with Crippen LogP contribution < -0.4 is 4.90 Å². The van der Waals surface area contributed by atoms with Crippen molar-refractivity contribution >= 4 is 27.9 Å². The summed E-state index contributed by atoms with van der Waals surface area (Å²) in [6.07, 6.45) is 3.42. The molecule has 4 heteroatoms. The molecule has 2 atom stereocenters. The molecule has 1 aliphatic heterocycles. The number of furan rings is 1. The topological polar surface area (TPSA) is 43.4 Å². The minimum Gasteiger partial charge on any atom is -0.446 e. The van der Waals surface area contributed by atoms with E-state index in [-0.39, 0.29) is 0 Å². The smallest absolute Gasteiger partial charge is 0.273 e. The molecule has 3 heterocycles. The zero-order chi connectivity index (χ0) is 15.1. The fourth-order valence-electron chi connectivity index (χ4n) is 3.54. The van der Waals surface area contributed by atoms with Gasteiger partial charge in [0.25, 0.3) is 5.82 Å². The van der Waals surface area contributed by atoms with Gasteiger partial charge in [-0.2, -0.15) is 4.98 Å². The summed E-state index contributed by atoms with van der Waals surface area (Å²) in [6.45, 7) is 6.71. The summed E-state index contributed by atoms with van der Waals surface area (Å²) in [6, 6.07) is 8.15. The minimum atomic E-state index is 0.739. The lowest BCUT2D eigenvalue weighted by atomic mass is 10.0. The Morgan fingerprint density at radius 3 is 2.95 bits per heavy atom. The molecule has 3 aromatic rings. The maximum Gasteiger partial charge on any atom is 0.273 e. The van der Waals surface area contributed by atoms with Crippen molar-refractivity contribution in [2.75, 3.05) is 13.1 Å². The maximum atomic E-state index is 6.13. The fraction of sp³-hybridized carbons (Fsp3) is 0.444. The standard InChI is InChI=1S/C18H21N3O/c1-3-15-19-16-13-8-4-5-9-14(13)22-17(16)18(20-15)21-10-6-7-12(2)11-21/h4-5,8-9,12H,3,6-7,10-11H2,1-2H3/p+1. The first-order valence-electron chi connectivity index (χ1n) is 8.29. The van der Waals surface area contributed by atoms with Crippen LogP contribution >= 0.6 is 0 Å². The van der Waals surface area contributed by atoms with Crippen LogP contribution in [-0.4, -0.2) is 23.1 Å². The lowest BCUT2D eigenvalue weighted by molar-refractivity contribution is -0.844. The van der Waals surface area contributed by atoms with Gasteiger partial charge in [0.05, 0.1) is 13.1 Å². The van der Waals surface area contributed by atoms with E-state index in [2.05, 4.69) is 19.9 Å². The largest absolute Gasteiger partial charge is 0.446 e. The number of nitrogens with one attached hydrogen (secondary N) is 1. The van der Waals surface area contributed by atoms with E-state index in [4.69, 9.17) is 14.4 Å². The van der Waals surface area contributed by atoms with Gasteiger partial charge in [-0.25, -0.2) is 4.98 Å². The number of aryl methyl sites for hydroxylation is 1. The van der Waals surface area contributed by atoms with Gasteiger partial charge in [0, 0.05) is 17.7 Å². The molecular formula is C18H22N3O+. The Morgan fingerprint density at radius 2 is 2.14 bits per heavy atom. The number of quaternary nitrogens is 1. The Labute approximate surface area is 130 Å². The van der Waals surface area contributed by atoms with Crippen molar-refractivity contribution in [3.05, 3.63) is 30.1 Å². The van der Waals surface area contributed by atoms with Crippen molar-refractivity contribution in [1.82, 2.24) is 9.97 Å². The molecule has 2 aromatic heterocycles. The fourth-order valence-corrected chi connectivity index (χ4v) is 3.54. The highest BCUT2D eigenvalue weighted by atomic mass is 16.3. The Bertz CT molecular complexity index is 824. The van der Waals surface area contributed by atoms with E-state index in [1.54, 1.807) is 0 Å². The van der Waals surface area contributed by atoms with Crippen LogP contribution in [0.25, 0.3) is 22.1 Å². The summed E-state index contributed by atoms with van der Waals surface area (Å²) in [7, 11) is 0. The van der Waals surface area contributed by atoms with Crippen molar-refractivity contribution in [3.63, 3.8) is 0 Å². The van der Waals surface area contributed by atoms with E-state index in [0.717, 1.165) is 59.1 Å². The summed E-state index contributed by atoms with van der Waals surface area (Å²) < 4.78 is 6.13. The molecule has 114 valence electrons. The number of para-hydroxylation sites is 1. The number of nitrogens with zero attached hydrogens (tertiary/aromatic N) is 2. The van der Waals surface area contributed by atoms with Gasteiger partial charge in [-0.05, 0) is 25.0 Å². The Kier molecular flexibility index (Phi) is 3.34. The molecule has 0 aliphatic carbocycles. The van der Waals surface area contributed by atoms with Crippen molar-refractivity contribution in [3.8, 4) is 0 Å². The van der Waals surface area contributed by atoms with Crippen LogP contribution in [0.4, 0.5) is 5.82 Å². The molecule has 0 amide bonds. The van der Waals surface area contributed by atoms with E-state index in [9.17, 15) is 0 Å². The Balaban J connectivity index is 1.95. The van der Waals surface area contributed by atoms with Crippen molar-refractivity contribution < 1.29 is 9.32 Å². The summed E-state index contributed by atoms with van der Waals surface area (Å²) in [5.41, 5.74) is 2.76. The van der Waals surface area contributed by atoms with Gasteiger partial charge in [-0.15, -0.1) is 0 Å². The molecule has 4 rings (SSSR count). The highest BCUT2D eigenvalue weighted by Gasteiger charge is 2.28. The summed E-state index contributed by atoms with van der Waals surface area (Å²) in [5, 5.41) is 1.10. The Hall–Kier alpha value is -1.94. The molecule has 1 fully saturated rings. The number of aromatic nitrogens is 2. The minimum absolute atomic E-state index is 0.739. The molecule has 0 spiro atoms. The average Bonchev–Trinajstić information content (AvgIpc) is 2.92. The van der Waals surface area contributed by atoms with Gasteiger partial charge in [0.1, 0.15) is 16.9 Å². The first-order chi connectivity index (χ1) is 10.8. The average molecular weight is 296 g/mol. The third-order valence-electron chi connectivity index (χ3n) is 4.69. The van der Waals surface area contributed by atoms with Crippen molar-refractivity contribution in [1.29, 1.82) is 0 Å². The van der Waals surface area contributed by atoms with E-state index in [1.807, 2.05) is 18.2 Å². The third kappa shape index (κ3) is 2.18. The summed E-state index contributed by atoms with van der Waals surface area (Å²) >= 11 is 0. The lowest BCUT2D eigenvalue weighted by Gasteiger charge is -2.26.